The summed E-state index contributed by atoms with van der Waals surface area (Å²) in [6.45, 7) is 7.59. The van der Waals surface area contributed by atoms with Gasteiger partial charge in [0, 0.05) is 43.9 Å². The van der Waals surface area contributed by atoms with Crippen molar-refractivity contribution < 1.29 is 19.1 Å². The molecule has 3 aromatic rings. The Morgan fingerprint density at radius 1 is 1.05 bits per heavy atom. The van der Waals surface area contributed by atoms with Gasteiger partial charge in [0.15, 0.2) is 6.23 Å². The number of nitrogens with one attached hydrogen (secondary N) is 1. The average Bonchev–Trinajstić information content (AvgIpc) is 3.42. The molecular weight excluding hydrogens is 534 g/mol. The largest absolute Gasteiger partial charge is 0.356 e. The van der Waals surface area contributed by atoms with E-state index in [-0.39, 0.29) is 24.7 Å². The SMILES string of the molecule is C[C@@H]1CN(C(=O)C(=O)Nc2cncc3cnn(C4CCCCO4)c23)[C@@H](c2ccccc2)CN1C(=O)C(C)(C)CN(C)C. The molecule has 2 fully saturated rings. The number of benzene rings is 1. The summed E-state index contributed by atoms with van der Waals surface area (Å²) in [4.78, 5) is 50.9. The minimum absolute atomic E-state index is 0.0251. The zero-order valence-electron chi connectivity index (χ0n) is 25.1. The van der Waals surface area contributed by atoms with Crippen LogP contribution in [0.5, 0.6) is 0 Å². The predicted molar refractivity (Wildman–Crippen MR) is 159 cm³/mol. The molecule has 0 spiro atoms. The summed E-state index contributed by atoms with van der Waals surface area (Å²) in [5, 5.41) is 8.08. The fraction of sp³-hybridized carbons (Fsp3) is 0.516. The van der Waals surface area contributed by atoms with Gasteiger partial charge in [-0.2, -0.15) is 5.10 Å². The minimum atomic E-state index is -0.762. The quantitative estimate of drug-likeness (QED) is 0.448. The Labute approximate surface area is 246 Å². The molecule has 42 heavy (non-hydrogen) atoms. The Morgan fingerprint density at radius 3 is 2.50 bits per heavy atom. The normalized spacial score (nSPS) is 21.5. The van der Waals surface area contributed by atoms with E-state index in [1.54, 1.807) is 22.0 Å². The van der Waals surface area contributed by atoms with E-state index >= 15 is 0 Å². The third-order valence-corrected chi connectivity index (χ3v) is 8.10. The molecule has 0 aliphatic carbocycles. The van der Waals surface area contributed by atoms with E-state index in [9.17, 15) is 14.4 Å². The molecule has 0 saturated carbocycles. The smallest absolute Gasteiger partial charge is 0.314 e. The monoisotopic (exact) mass is 575 g/mol. The molecule has 1 unspecified atom stereocenters. The van der Waals surface area contributed by atoms with Gasteiger partial charge in [-0.1, -0.05) is 30.3 Å². The lowest BCUT2D eigenvalue weighted by Gasteiger charge is -2.47. The van der Waals surface area contributed by atoms with Crippen LogP contribution in [-0.2, 0) is 19.1 Å². The molecule has 0 radical (unpaired) electrons. The molecule has 224 valence electrons. The van der Waals surface area contributed by atoms with Crippen LogP contribution in [0, 0.1) is 5.41 Å². The Balaban J connectivity index is 1.41. The third-order valence-electron chi connectivity index (χ3n) is 8.10. The number of hydrogen-bond donors (Lipinski definition) is 1. The summed E-state index contributed by atoms with van der Waals surface area (Å²) < 4.78 is 7.71. The number of ether oxygens (including phenoxy) is 1. The van der Waals surface area contributed by atoms with Gasteiger partial charge in [-0.25, -0.2) is 4.68 Å². The number of nitrogens with zero attached hydrogens (tertiary/aromatic N) is 6. The Morgan fingerprint density at radius 2 is 1.81 bits per heavy atom. The van der Waals surface area contributed by atoms with Gasteiger partial charge in [0.25, 0.3) is 0 Å². The summed E-state index contributed by atoms with van der Waals surface area (Å²) in [5.41, 5.74) is 1.33. The van der Waals surface area contributed by atoms with E-state index in [4.69, 9.17) is 4.74 Å². The van der Waals surface area contributed by atoms with Crippen molar-refractivity contribution in [2.45, 2.75) is 58.3 Å². The van der Waals surface area contributed by atoms with E-state index in [2.05, 4.69) is 15.4 Å². The lowest BCUT2D eigenvalue weighted by molar-refractivity contribution is -0.155. The second kappa shape index (κ2) is 12.2. The molecular formula is C31H41N7O4. The average molecular weight is 576 g/mol. The third kappa shape index (κ3) is 6.03. The second-order valence-electron chi connectivity index (χ2n) is 12.3. The Kier molecular flexibility index (Phi) is 8.60. The predicted octanol–water partition coefficient (Wildman–Crippen LogP) is 3.46. The maximum absolute atomic E-state index is 13.8. The van der Waals surface area contributed by atoms with Crippen LogP contribution in [0.1, 0.15) is 57.9 Å². The molecule has 1 N–H and O–H groups in total. The number of hydrogen-bond acceptors (Lipinski definition) is 7. The van der Waals surface area contributed by atoms with Crippen molar-refractivity contribution in [1.82, 2.24) is 29.5 Å². The van der Waals surface area contributed by atoms with Crippen LogP contribution in [-0.4, -0.2) is 93.6 Å². The molecule has 2 saturated heterocycles. The van der Waals surface area contributed by atoms with Crippen LogP contribution in [0.2, 0.25) is 0 Å². The Hall–Kier alpha value is -3.83. The molecule has 2 aliphatic heterocycles. The fourth-order valence-corrected chi connectivity index (χ4v) is 6.23. The van der Waals surface area contributed by atoms with Crippen molar-refractivity contribution in [3.8, 4) is 0 Å². The number of aromatic nitrogens is 3. The van der Waals surface area contributed by atoms with Gasteiger partial charge < -0.3 is 24.8 Å². The van der Waals surface area contributed by atoms with Crippen LogP contribution >= 0.6 is 0 Å². The van der Waals surface area contributed by atoms with E-state index in [0.717, 1.165) is 30.2 Å². The molecule has 1 aromatic carbocycles. The van der Waals surface area contributed by atoms with Crippen molar-refractivity contribution >= 4 is 34.3 Å². The summed E-state index contributed by atoms with van der Waals surface area (Å²) in [7, 11) is 3.90. The molecule has 11 heteroatoms. The van der Waals surface area contributed by atoms with Gasteiger partial charge in [-0.05, 0) is 59.7 Å². The molecule has 2 aromatic heterocycles. The van der Waals surface area contributed by atoms with Gasteiger partial charge >= 0.3 is 11.8 Å². The number of carbonyl (C=O) groups is 3. The highest BCUT2D eigenvalue weighted by atomic mass is 16.5. The van der Waals surface area contributed by atoms with Crippen LogP contribution in [0.15, 0.2) is 48.9 Å². The maximum Gasteiger partial charge on any atom is 0.314 e. The van der Waals surface area contributed by atoms with Crippen molar-refractivity contribution in [3.05, 3.63) is 54.5 Å². The number of fused-ring (bicyclic) bond motifs is 1. The standard InChI is InChI=1S/C31H41N7O4/c1-21-18-37(25(22-11-7-6-8-12-22)19-36(21)30(41)31(2,3)20-35(4)5)29(40)28(39)34-24-17-32-15-23-16-33-38(27(23)24)26-13-9-10-14-42-26/h6-8,11-12,15-17,21,25-26H,9-10,13-14,18-20H2,1-5H3,(H,34,39)/t21-,25-,26?/m1/s1. The number of piperazine rings is 1. The molecule has 2 aliphatic rings. The van der Waals surface area contributed by atoms with E-state index in [1.807, 2.05) is 75.0 Å². The van der Waals surface area contributed by atoms with Crippen molar-refractivity contribution in [2.24, 2.45) is 5.41 Å². The molecule has 3 amide bonds. The first-order chi connectivity index (χ1) is 20.1. The van der Waals surface area contributed by atoms with Crippen molar-refractivity contribution in [2.75, 3.05) is 45.7 Å². The number of anilines is 1. The summed E-state index contributed by atoms with van der Waals surface area (Å²) >= 11 is 0. The van der Waals surface area contributed by atoms with Crippen LogP contribution in [0.4, 0.5) is 5.69 Å². The highest BCUT2D eigenvalue weighted by Crippen LogP contribution is 2.33. The first kappa shape index (κ1) is 29.7. The van der Waals surface area contributed by atoms with E-state index in [0.29, 0.717) is 30.9 Å². The molecule has 4 heterocycles. The first-order valence-corrected chi connectivity index (χ1v) is 14.6. The first-order valence-electron chi connectivity index (χ1n) is 14.6. The summed E-state index contributed by atoms with van der Waals surface area (Å²) in [6.07, 6.45) is 7.51. The second-order valence-corrected chi connectivity index (χ2v) is 12.3. The van der Waals surface area contributed by atoms with Gasteiger partial charge in [-0.3, -0.25) is 19.4 Å². The van der Waals surface area contributed by atoms with Crippen LogP contribution in [0.25, 0.3) is 10.9 Å². The summed E-state index contributed by atoms with van der Waals surface area (Å²) in [6, 6.07) is 8.82. The lowest BCUT2D eigenvalue weighted by Crippen LogP contribution is -2.61. The van der Waals surface area contributed by atoms with E-state index < -0.39 is 23.3 Å². The minimum Gasteiger partial charge on any atom is -0.356 e. The number of rotatable bonds is 6. The molecule has 3 atom stereocenters. The van der Waals surface area contributed by atoms with Crippen LogP contribution < -0.4 is 5.32 Å². The fourth-order valence-electron chi connectivity index (χ4n) is 6.23. The number of amides is 3. The molecule has 0 bridgehead atoms. The topological polar surface area (TPSA) is 113 Å². The molecule has 11 nitrogen and oxygen atoms in total. The van der Waals surface area contributed by atoms with Crippen LogP contribution in [0.3, 0.4) is 0 Å². The highest BCUT2D eigenvalue weighted by molar-refractivity contribution is 6.40. The van der Waals surface area contributed by atoms with Gasteiger partial charge in [-0.15, -0.1) is 0 Å². The van der Waals surface area contributed by atoms with Crippen molar-refractivity contribution in [3.63, 3.8) is 0 Å². The lowest BCUT2D eigenvalue weighted by atomic mass is 9.88. The van der Waals surface area contributed by atoms with Gasteiger partial charge in [0.1, 0.15) is 0 Å². The summed E-state index contributed by atoms with van der Waals surface area (Å²) in [5.74, 6) is -1.40. The molecule has 5 rings (SSSR count). The zero-order valence-corrected chi connectivity index (χ0v) is 25.1. The van der Waals surface area contributed by atoms with E-state index in [1.165, 1.54) is 6.20 Å². The van der Waals surface area contributed by atoms with Gasteiger partial charge in [0.05, 0.1) is 35.1 Å². The van der Waals surface area contributed by atoms with Gasteiger partial charge in [0.2, 0.25) is 5.91 Å². The number of carbonyl (C=O) groups excluding carboxylic acids is 3. The Bertz CT molecular complexity index is 1430. The zero-order chi connectivity index (χ0) is 30.0. The highest BCUT2D eigenvalue weighted by Gasteiger charge is 2.43. The number of pyridine rings is 1. The van der Waals surface area contributed by atoms with Crippen molar-refractivity contribution in [1.29, 1.82) is 0 Å². The maximum atomic E-state index is 13.8.